The van der Waals surface area contributed by atoms with Crippen molar-refractivity contribution in [1.29, 1.82) is 0 Å². The van der Waals surface area contributed by atoms with Crippen molar-refractivity contribution >= 4 is 11.6 Å². The molecule has 0 spiro atoms. The van der Waals surface area contributed by atoms with Gasteiger partial charge in [0.05, 0.1) is 11.7 Å². The van der Waals surface area contributed by atoms with Gasteiger partial charge in [-0.3, -0.25) is 9.59 Å². The molecule has 3 heteroatoms. The second kappa shape index (κ2) is 6.90. The van der Waals surface area contributed by atoms with Gasteiger partial charge in [-0.2, -0.15) is 0 Å². The van der Waals surface area contributed by atoms with Crippen molar-refractivity contribution in [1.82, 2.24) is 0 Å². The maximum atomic E-state index is 13.7. The van der Waals surface area contributed by atoms with Gasteiger partial charge >= 0.3 is 0 Å². The highest BCUT2D eigenvalue weighted by Crippen LogP contribution is 2.70. The molecular formula is C28H44O3. The lowest BCUT2D eigenvalue weighted by Crippen LogP contribution is -2.61. The van der Waals surface area contributed by atoms with E-state index in [-0.39, 0.29) is 22.3 Å². The molecule has 0 bridgehead atoms. The van der Waals surface area contributed by atoms with Gasteiger partial charge in [0, 0.05) is 25.2 Å². The summed E-state index contributed by atoms with van der Waals surface area (Å²) in [5.41, 5.74) is 0.443. The molecule has 0 radical (unpaired) electrons. The third kappa shape index (κ3) is 3.15. The molecule has 5 rings (SSSR count). The van der Waals surface area contributed by atoms with Crippen molar-refractivity contribution in [2.75, 3.05) is 0 Å². The first-order valence-corrected chi connectivity index (χ1v) is 13.1. The normalized spacial score (nSPS) is 51.6. The lowest BCUT2D eigenvalue weighted by molar-refractivity contribution is -0.175. The maximum Gasteiger partial charge on any atom is 0.137 e. The van der Waals surface area contributed by atoms with E-state index >= 15 is 0 Å². The van der Waals surface area contributed by atoms with Gasteiger partial charge in [-0.05, 0) is 98.7 Å². The topological polar surface area (TPSA) is 46.7 Å². The number of fused-ring (bicyclic) bond motifs is 5. The molecule has 1 heterocycles. The third-order valence-electron chi connectivity index (χ3n) is 11.7. The maximum absolute atomic E-state index is 13.7. The summed E-state index contributed by atoms with van der Waals surface area (Å²) in [7, 11) is 0. The highest BCUT2D eigenvalue weighted by Gasteiger charge is 2.66. The fourth-order valence-electron chi connectivity index (χ4n) is 9.46. The lowest BCUT2D eigenvalue weighted by atomic mass is 9.40. The van der Waals surface area contributed by atoms with Crippen LogP contribution in [0.1, 0.15) is 106 Å². The van der Waals surface area contributed by atoms with Crippen LogP contribution in [0.25, 0.3) is 0 Å². The standard InChI is InChI=1S/C28H44O3/c1-17(7-10-23-25(2,3)31-23)19-8-9-20-24-21(12-13-27(19,20)5)28(6)14-11-18(29)15-26(28,4)16-22(24)30/h17,19-21,23-24H,7-16H2,1-6H3/t17-,19-,20+,21+,23?,24+,26+,27-,28-/m1/s1. The zero-order chi connectivity index (χ0) is 22.4. The molecule has 4 aliphatic carbocycles. The van der Waals surface area contributed by atoms with Crippen LogP contribution in [-0.2, 0) is 14.3 Å². The summed E-state index contributed by atoms with van der Waals surface area (Å²) in [6.07, 6.45) is 10.8. The highest BCUT2D eigenvalue weighted by molar-refractivity contribution is 5.87. The number of hydrogen-bond donors (Lipinski definition) is 0. The van der Waals surface area contributed by atoms with Gasteiger partial charge in [0.15, 0.2) is 0 Å². The second-order valence-corrected chi connectivity index (χ2v) is 13.6. The summed E-state index contributed by atoms with van der Waals surface area (Å²) < 4.78 is 5.84. The van der Waals surface area contributed by atoms with E-state index in [1.165, 1.54) is 38.5 Å². The first-order valence-electron chi connectivity index (χ1n) is 13.1. The minimum absolute atomic E-state index is 0.0951. The van der Waals surface area contributed by atoms with Crippen LogP contribution in [0.3, 0.4) is 0 Å². The van der Waals surface area contributed by atoms with Crippen molar-refractivity contribution in [3.63, 3.8) is 0 Å². The van der Waals surface area contributed by atoms with Crippen molar-refractivity contribution in [3.8, 4) is 0 Å². The number of rotatable bonds is 4. The van der Waals surface area contributed by atoms with Crippen LogP contribution in [0.15, 0.2) is 0 Å². The van der Waals surface area contributed by atoms with E-state index in [9.17, 15) is 9.59 Å². The highest BCUT2D eigenvalue weighted by atomic mass is 16.6. The average molecular weight is 429 g/mol. The van der Waals surface area contributed by atoms with Gasteiger partial charge in [-0.25, -0.2) is 0 Å². The Bertz CT molecular complexity index is 785. The molecule has 0 aromatic heterocycles. The molecule has 0 N–H and O–H groups in total. The van der Waals surface area contributed by atoms with Gasteiger partial charge in [0.2, 0.25) is 0 Å². The molecule has 1 saturated heterocycles. The van der Waals surface area contributed by atoms with Crippen LogP contribution in [0.2, 0.25) is 0 Å². The molecule has 0 aromatic carbocycles. The smallest absolute Gasteiger partial charge is 0.137 e. The molecule has 4 saturated carbocycles. The average Bonchev–Trinajstić information content (AvgIpc) is 3.13. The molecule has 3 nitrogen and oxygen atoms in total. The molecular weight excluding hydrogens is 384 g/mol. The molecule has 174 valence electrons. The van der Waals surface area contributed by atoms with Crippen LogP contribution in [0, 0.1) is 45.8 Å². The molecule has 0 amide bonds. The summed E-state index contributed by atoms with van der Waals surface area (Å²) in [6.45, 7) is 14.1. The van der Waals surface area contributed by atoms with Crippen molar-refractivity contribution < 1.29 is 14.3 Å². The summed E-state index contributed by atoms with van der Waals surface area (Å²) in [5.74, 6) is 3.61. The van der Waals surface area contributed by atoms with Gasteiger partial charge in [0.1, 0.15) is 11.6 Å². The quantitative estimate of drug-likeness (QED) is 0.488. The zero-order valence-corrected chi connectivity index (χ0v) is 20.8. The summed E-state index contributed by atoms with van der Waals surface area (Å²) in [4.78, 5) is 26.0. The van der Waals surface area contributed by atoms with Crippen molar-refractivity contribution in [2.24, 2.45) is 45.8 Å². The molecule has 5 aliphatic rings. The number of carbonyl (C=O) groups is 2. The monoisotopic (exact) mass is 428 g/mol. The minimum Gasteiger partial charge on any atom is -0.367 e. The fraction of sp³-hybridized carbons (Fsp3) is 0.929. The number of Topliss-reactive ketones (excluding diaryl/α,β-unsaturated/α-hetero) is 2. The fourth-order valence-corrected chi connectivity index (χ4v) is 9.46. The Balaban J connectivity index is 1.35. The largest absolute Gasteiger partial charge is 0.367 e. The Morgan fingerprint density at radius 2 is 1.68 bits per heavy atom. The Hall–Kier alpha value is -0.700. The molecule has 0 aromatic rings. The van der Waals surface area contributed by atoms with Crippen LogP contribution in [0.4, 0.5) is 0 Å². The molecule has 5 fully saturated rings. The Morgan fingerprint density at radius 1 is 0.968 bits per heavy atom. The van der Waals surface area contributed by atoms with E-state index < -0.39 is 0 Å². The number of ether oxygens (including phenoxy) is 1. The summed E-state index contributed by atoms with van der Waals surface area (Å²) in [6, 6.07) is 0. The number of epoxide rings is 1. The van der Waals surface area contributed by atoms with Crippen LogP contribution >= 0.6 is 0 Å². The van der Waals surface area contributed by atoms with Crippen LogP contribution in [0.5, 0.6) is 0 Å². The molecule has 1 aliphatic heterocycles. The van der Waals surface area contributed by atoms with Gasteiger partial charge in [-0.15, -0.1) is 0 Å². The number of carbonyl (C=O) groups excluding carboxylic acids is 2. The van der Waals surface area contributed by atoms with Crippen molar-refractivity contribution in [2.45, 2.75) is 117 Å². The Labute approximate surface area is 189 Å². The SMILES string of the molecule is C[C@H](CCC1OC1(C)C)[C@H]1CC[C@H]2[C@@H]3C(=O)C[C@]4(C)CC(=O)CC[C@]4(C)[C@H]3CC[C@]12C. The minimum atomic E-state index is -0.114. The van der Waals surface area contributed by atoms with E-state index in [0.29, 0.717) is 53.7 Å². The first kappa shape index (κ1) is 22.1. The first-order chi connectivity index (χ1) is 14.4. The van der Waals surface area contributed by atoms with Crippen LogP contribution < -0.4 is 0 Å². The Kier molecular flexibility index (Phi) is 4.92. The lowest BCUT2D eigenvalue weighted by Gasteiger charge is -2.63. The second-order valence-electron chi connectivity index (χ2n) is 13.6. The van der Waals surface area contributed by atoms with Crippen molar-refractivity contribution in [3.05, 3.63) is 0 Å². The van der Waals surface area contributed by atoms with Gasteiger partial charge in [-0.1, -0.05) is 27.7 Å². The molecule has 9 atom stereocenters. The zero-order valence-electron chi connectivity index (χ0n) is 20.8. The molecule has 31 heavy (non-hydrogen) atoms. The predicted octanol–water partition coefficient (Wildman–Crippen LogP) is 6.38. The Morgan fingerprint density at radius 3 is 2.35 bits per heavy atom. The van der Waals surface area contributed by atoms with E-state index in [1.54, 1.807) is 0 Å². The van der Waals surface area contributed by atoms with E-state index in [1.807, 2.05) is 0 Å². The third-order valence-corrected chi connectivity index (χ3v) is 11.7. The number of ketones is 2. The van der Waals surface area contributed by atoms with Gasteiger partial charge in [0.25, 0.3) is 0 Å². The van der Waals surface area contributed by atoms with Crippen LogP contribution in [-0.4, -0.2) is 23.3 Å². The van der Waals surface area contributed by atoms with Gasteiger partial charge < -0.3 is 4.74 Å². The summed E-state index contributed by atoms with van der Waals surface area (Å²) in [5, 5.41) is 0. The number of hydrogen-bond acceptors (Lipinski definition) is 3. The predicted molar refractivity (Wildman–Crippen MR) is 123 cm³/mol. The van der Waals surface area contributed by atoms with E-state index in [2.05, 4.69) is 41.5 Å². The van der Waals surface area contributed by atoms with E-state index in [0.717, 1.165) is 18.8 Å². The van der Waals surface area contributed by atoms with E-state index in [4.69, 9.17) is 4.74 Å². The summed E-state index contributed by atoms with van der Waals surface area (Å²) >= 11 is 0. The molecule has 1 unspecified atom stereocenters.